The van der Waals surface area contributed by atoms with Crippen LogP contribution in [-0.4, -0.2) is 19.5 Å². The van der Waals surface area contributed by atoms with E-state index in [0.29, 0.717) is 0 Å². The highest BCUT2D eigenvalue weighted by Crippen LogP contribution is 2.26. The average Bonchev–Trinajstić information content (AvgIpc) is 2.38. The summed E-state index contributed by atoms with van der Waals surface area (Å²) in [6.45, 7) is 0. The molecule has 0 amide bonds. The van der Waals surface area contributed by atoms with E-state index in [-0.39, 0.29) is 21.2 Å². The van der Waals surface area contributed by atoms with Gasteiger partial charge in [0, 0.05) is 3.57 Å². The molecule has 0 radical (unpaired) electrons. The van der Waals surface area contributed by atoms with Crippen molar-refractivity contribution in [1.29, 1.82) is 0 Å². The molecule has 110 valence electrons. The van der Waals surface area contributed by atoms with Crippen LogP contribution < -0.4 is 4.72 Å². The number of halogens is 2. The smallest absolute Gasteiger partial charge is 0.339 e. The SMILES string of the molecule is O=C(O)c1c(Cl)cccc1NS(=O)(=O)c1ccc(I)cc1. The molecule has 0 atom stereocenters. The number of nitrogens with one attached hydrogen (secondary N) is 1. The zero-order valence-corrected chi connectivity index (χ0v) is 14.1. The van der Waals surface area contributed by atoms with E-state index in [1.165, 1.54) is 30.3 Å². The van der Waals surface area contributed by atoms with Crippen LogP contribution in [-0.2, 0) is 10.0 Å². The predicted molar refractivity (Wildman–Crippen MR) is 88.4 cm³/mol. The molecule has 0 unspecified atom stereocenters. The second-order valence-corrected chi connectivity index (χ2v) is 7.36. The van der Waals surface area contributed by atoms with E-state index in [2.05, 4.69) is 27.3 Å². The third-order valence-electron chi connectivity index (χ3n) is 2.60. The standard InChI is InChI=1S/C13H9ClINO4S/c14-10-2-1-3-11(12(10)13(17)18)16-21(19,20)9-6-4-8(15)5-7-9/h1-7,16H,(H,17,18). The summed E-state index contributed by atoms with van der Waals surface area (Å²) in [7, 11) is -3.88. The molecule has 0 aliphatic rings. The second kappa shape index (κ2) is 6.20. The van der Waals surface area contributed by atoms with Crippen LogP contribution in [0.5, 0.6) is 0 Å². The summed E-state index contributed by atoms with van der Waals surface area (Å²) in [6, 6.07) is 10.4. The summed E-state index contributed by atoms with van der Waals surface area (Å²) >= 11 is 7.86. The van der Waals surface area contributed by atoms with Crippen LogP contribution in [0.3, 0.4) is 0 Å². The topological polar surface area (TPSA) is 83.5 Å². The summed E-state index contributed by atoms with van der Waals surface area (Å²) in [5.74, 6) is -1.30. The molecule has 0 saturated carbocycles. The molecule has 2 aromatic carbocycles. The largest absolute Gasteiger partial charge is 0.478 e. The van der Waals surface area contributed by atoms with Crippen molar-refractivity contribution in [3.05, 3.63) is 56.6 Å². The molecule has 0 spiro atoms. The van der Waals surface area contributed by atoms with Crippen LogP contribution in [0.4, 0.5) is 5.69 Å². The molecule has 0 heterocycles. The summed E-state index contributed by atoms with van der Waals surface area (Å²) in [4.78, 5) is 11.2. The van der Waals surface area contributed by atoms with E-state index in [0.717, 1.165) is 3.57 Å². The molecule has 8 heteroatoms. The number of rotatable bonds is 4. The average molecular weight is 438 g/mol. The van der Waals surface area contributed by atoms with E-state index in [1.54, 1.807) is 12.1 Å². The Morgan fingerprint density at radius 3 is 2.33 bits per heavy atom. The van der Waals surface area contributed by atoms with E-state index in [1.807, 2.05) is 0 Å². The Morgan fingerprint density at radius 1 is 1.14 bits per heavy atom. The molecule has 0 aromatic heterocycles. The Morgan fingerprint density at radius 2 is 1.76 bits per heavy atom. The molecule has 2 rings (SSSR count). The number of carbonyl (C=O) groups is 1. The molecule has 2 aromatic rings. The molecule has 2 N–H and O–H groups in total. The van der Waals surface area contributed by atoms with Gasteiger partial charge < -0.3 is 5.11 Å². The van der Waals surface area contributed by atoms with E-state index < -0.39 is 16.0 Å². The van der Waals surface area contributed by atoms with Crippen molar-refractivity contribution >= 4 is 55.9 Å². The fourth-order valence-electron chi connectivity index (χ4n) is 1.64. The van der Waals surface area contributed by atoms with Crippen LogP contribution in [0, 0.1) is 3.57 Å². The van der Waals surface area contributed by atoms with Gasteiger partial charge in [0.1, 0.15) is 5.56 Å². The van der Waals surface area contributed by atoms with Gasteiger partial charge in [0.25, 0.3) is 10.0 Å². The number of hydrogen-bond acceptors (Lipinski definition) is 3. The Labute approximate surface area is 140 Å². The van der Waals surface area contributed by atoms with Gasteiger partial charge in [0.15, 0.2) is 0 Å². The van der Waals surface area contributed by atoms with Crippen molar-refractivity contribution in [1.82, 2.24) is 0 Å². The number of carboxylic acid groups (broad SMARTS) is 1. The summed E-state index contributed by atoms with van der Waals surface area (Å²) in [5, 5.41) is 9.09. The molecule has 0 fully saturated rings. The number of carboxylic acids is 1. The number of aromatic carboxylic acids is 1. The van der Waals surface area contributed by atoms with E-state index in [9.17, 15) is 13.2 Å². The van der Waals surface area contributed by atoms with Crippen molar-refractivity contribution in [2.24, 2.45) is 0 Å². The highest BCUT2D eigenvalue weighted by atomic mass is 127. The van der Waals surface area contributed by atoms with Gasteiger partial charge in [0.2, 0.25) is 0 Å². The lowest BCUT2D eigenvalue weighted by molar-refractivity contribution is 0.0698. The first-order valence-corrected chi connectivity index (χ1v) is 8.55. The molecule has 5 nitrogen and oxygen atoms in total. The first-order valence-electron chi connectivity index (χ1n) is 5.61. The Hall–Kier alpha value is -1.32. The monoisotopic (exact) mass is 437 g/mol. The van der Waals surface area contributed by atoms with Gasteiger partial charge in [-0.3, -0.25) is 4.72 Å². The first-order chi connectivity index (χ1) is 9.81. The van der Waals surface area contributed by atoms with Gasteiger partial charge in [0.05, 0.1) is 15.6 Å². The van der Waals surface area contributed by atoms with Crippen molar-refractivity contribution in [3.8, 4) is 0 Å². The van der Waals surface area contributed by atoms with Crippen LogP contribution in [0.15, 0.2) is 47.4 Å². The Balaban J connectivity index is 2.44. The molecule has 21 heavy (non-hydrogen) atoms. The fourth-order valence-corrected chi connectivity index (χ4v) is 3.33. The number of hydrogen-bond donors (Lipinski definition) is 2. The van der Waals surface area contributed by atoms with Gasteiger partial charge in [-0.25, -0.2) is 13.2 Å². The predicted octanol–water partition coefficient (Wildman–Crippen LogP) is 3.44. The zero-order valence-electron chi connectivity index (χ0n) is 10.4. The summed E-state index contributed by atoms with van der Waals surface area (Å²) in [6.07, 6.45) is 0. The maximum atomic E-state index is 12.2. The van der Waals surface area contributed by atoms with Crippen LogP contribution >= 0.6 is 34.2 Å². The minimum atomic E-state index is -3.88. The number of sulfonamides is 1. The van der Waals surface area contributed by atoms with Crippen molar-refractivity contribution in [2.45, 2.75) is 4.90 Å². The van der Waals surface area contributed by atoms with Gasteiger partial charge in [-0.15, -0.1) is 0 Å². The minimum absolute atomic E-state index is 0.0367. The highest BCUT2D eigenvalue weighted by Gasteiger charge is 2.20. The lowest BCUT2D eigenvalue weighted by atomic mass is 10.2. The van der Waals surface area contributed by atoms with Gasteiger partial charge in [-0.1, -0.05) is 17.7 Å². The van der Waals surface area contributed by atoms with Crippen LogP contribution in [0.25, 0.3) is 0 Å². The molecular formula is C13H9ClINO4S. The van der Waals surface area contributed by atoms with Crippen LogP contribution in [0.1, 0.15) is 10.4 Å². The van der Waals surface area contributed by atoms with Crippen molar-refractivity contribution in [3.63, 3.8) is 0 Å². The van der Waals surface area contributed by atoms with Crippen molar-refractivity contribution in [2.75, 3.05) is 4.72 Å². The van der Waals surface area contributed by atoms with E-state index >= 15 is 0 Å². The van der Waals surface area contributed by atoms with Gasteiger partial charge in [-0.05, 0) is 59.0 Å². The second-order valence-electron chi connectivity index (χ2n) is 4.03. The molecule has 0 aliphatic carbocycles. The highest BCUT2D eigenvalue weighted by molar-refractivity contribution is 14.1. The lowest BCUT2D eigenvalue weighted by Gasteiger charge is -2.11. The molecule has 0 aliphatic heterocycles. The zero-order chi connectivity index (χ0) is 15.6. The van der Waals surface area contributed by atoms with Gasteiger partial charge >= 0.3 is 5.97 Å². The van der Waals surface area contributed by atoms with Crippen LogP contribution in [0.2, 0.25) is 5.02 Å². The summed E-state index contributed by atoms with van der Waals surface area (Å²) in [5.41, 5.74) is -0.359. The third kappa shape index (κ3) is 3.66. The molecular weight excluding hydrogens is 429 g/mol. The van der Waals surface area contributed by atoms with E-state index in [4.69, 9.17) is 16.7 Å². The third-order valence-corrected chi connectivity index (χ3v) is 5.01. The molecule has 0 saturated heterocycles. The lowest BCUT2D eigenvalue weighted by Crippen LogP contribution is -2.15. The Bertz CT molecular complexity index is 790. The van der Waals surface area contributed by atoms with Gasteiger partial charge in [-0.2, -0.15) is 0 Å². The fraction of sp³-hybridized carbons (Fsp3) is 0. The first kappa shape index (κ1) is 16.1. The summed E-state index contributed by atoms with van der Waals surface area (Å²) < 4.78 is 27.6. The number of benzene rings is 2. The maximum Gasteiger partial charge on any atom is 0.339 e. The minimum Gasteiger partial charge on any atom is -0.478 e. The number of anilines is 1. The maximum absolute atomic E-state index is 12.2. The molecule has 0 bridgehead atoms. The quantitative estimate of drug-likeness (QED) is 0.718. The Kier molecular flexibility index (Phi) is 4.74. The van der Waals surface area contributed by atoms with Crippen molar-refractivity contribution < 1.29 is 18.3 Å². The normalized spacial score (nSPS) is 11.1.